The Bertz CT molecular complexity index is 1010. The van der Waals surface area contributed by atoms with E-state index in [2.05, 4.69) is 5.32 Å². The van der Waals surface area contributed by atoms with E-state index < -0.39 is 17.2 Å². The first kappa shape index (κ1) is 19.2. The highest BCUT2D eigenvalue weighted by Crippen LogP contribution is 2.29. The number of carbonyl (C=O) groups excluding carboxylic acids is 1. The molecule has 2 aromatic carbocycles. The van der Waals surface area contributed by atoms with Crippen LogP contribution in [0.1, 0.15) is 16.8 Å². The highest BCUT2D eigenvalue weighted by molar-refractivity contribution is 5.96. The van der Waals surface area contributed by atoms with Crippen molar-refractivity contribution >= 4 is 5.91 Å². The van der Waals surface area contributed by atoms with Gasteiger partial charge in [0.15, 0.2) is 5.75 Å². The molecule has 0 saturated heterocycles. The van der Waals surface area contributed by atoms with E-state index in [1.807, 2.05) is 54.6 Å². The van der Waals surface area contributed by atoms with E-state index >= 15 is 0 Å². The number of nitrogens with zero attached hydrogens (tertiary/aromatic N) is 1. The molecule has 28 heavy (non-hydrogen) atoms. The Morgan fingerprint density at radius 2 is 1.79 bits per heavy atom. The Hall–Kier alpha value is -3.54. The predicted octanol–water partition coefficient (Wildman–Crippen LogP) is 2.96. The fraction of sp³-hybridized carbons (Fsp3) is 0.182. The molecular formula is C22H22N2O4. The largest absolute Gasteiger partial charge is 0.502 e. The minimum atomic E-state index is -0.603. The van der Waals surface area contributed by atoms with E-state index in [1.165, 1.54) is 23.9 Å². The van der Waals surface area contributed by atoms with Gasteiger partial charge in [-0.3, -0.25) is 9.59 Å². The molecule has 0 atom stereocenters. The summed E-state index contributed by atoms with van der Waals surface area (Å²) in [7, 11) is 1.51. The van der Waals surface area contributed by atoms with Crippen LogP contribution in [0.25, 0.3) is 11.1 Å². The molecule has 0 aliphatic carbocycles. The number of aromatic nitrogens is 1. The van der Waals surface area contributed by atoms with Gasteiger partial charge >= 0.3 is 0 Å². The van der Waals surface area contributed by atoms with Crippen molar-refractivity contribution in [2.45, 2.75) is 6.42 Å². The van der Waals surface area contributed by atoms with Gasteiger partial charge in [-0.2, -0.15) is 0 Å². The molecule has 6 nitrogen and oxygen atoms in total. The maximum atomic E-state index is 12.1. The molecule has 0 unspecified atom stereocenters. The molecular weight excluding hydrogens is 356 g/mol. The lowest BCUT2D eigenvalue weighted by Crippen LogP contribution is -2.28. The number of pyridine rings is 1. The van der Waals surface area contributed by atoms with Gasteiger partial charge in [0.2, 0.25) is 0 Å². The zero-order chi connectivity index (χ0) is 19.9. The van der Waals surface area contributed by atoms with Gasteiger partial charge in [-0.1, -0.05) is 48.5 Å². The highest BCUT2D eigenvalue weighted by Gasteiger charge is 2.14. The van der Waals surface area contributed by atoms with Crippen LogP contribution < -0.4 is 15.6 Å². The molecule has 6 heteroatoms. The molecule has 0 saturated carbocycles. The van der Waals surface area contributed by atoms with Crippen molar-refractivity contribution in [3.8, 4) is 22.6 Å². The molecule has 0 aliphatic rings. The number of hydrogen-bond donors (Lipinski definition) is 2. The third-order valence-corrected chi connectivity index (χ3v) is 4.32. The van der Waals surface area contributed by atoms with E-state index in [0.717, 1.165) is 16.9 Å². The van der Waals surface area contributed by atoms with Crippen LogP contribution in [-0.4, -0.2) is 28.7 Å². The molecule has 1 amide bonds. The van der Waals surface area contributed by atoms with Gasteiger partial charge in [-0.05, 0) is 24.1 Å². The first-order chi connectivity index (χ1) is 13.6. The van der Waals surface area contributed by atoms with Crippen molar-refractivity contribution < 1.29 is 14.6 Å². The van der Waals surface area contributed by atoms with E-state index in [9.17, 15) is 14.7 Å². The van der Waals surface area contributed by atoms with Crippen LogP contribution >= 0.6 is 0 Å². The number of para-hydroxylation sites is 1. The average molecular weight is 378 g/mol. The van der Waals surface area contributed by atoms with E-state index in [4.69, 9.17) is 4.74 Å². The van der Waals surface area contributed by atoms with Crippen LogP contribution in [0, 0.1) is 0 Å². The Balaban J connectivity index is 1.53. The highest BCUT2D eigenvalue weighted by atomic mass is 16.5. The smallest absolute Gasteiger partial charge is 0.293 e. The second kappa shape index (κ2) is 8.90. The third kappa shape index (κ3) is 4.40. The lowest BCUT2D eigenvalue weighted by Gasteiger charge is -2.12. The van der Waals surface area contributed by atoms with Crippen molar-refractivity contribution in [1.29, 1.82) is 0 Å². The van der Waals surface area contributed by atoms with Crippen molar-refractivity contribution in [3.05, 3.63) is 82.8 Å². The van der Waals surface area contributed by atoms with Crippen LogP contribution in [0.4, 0.5) is 0 Å². The first-order valence-corrected chi connectivity index (χ1v) is 9.02. The zero-order valence-corrected chi connectivity index (χ0v) is 15.6. The summed E-state index contributed by atoms with van der Waals surface area (Å²) in [5.74, 6) is -0.250. The van der Waals surface area contributed by atoms with E-state index in [1.54, 1.807) is 0 Å². The summed E-state index contributed by atoms with van der Waals surface area (Å²) < 4.78 is 7.10. The molecule has 1 aromatic heterocycles. The van der Waals surface area contributed by atoms with Crippen molar-refractivity contribution in [3.63, 3.8) is 0 Å². The van der Waals surface area contributed by atoms with Gasteiger partial charge in [-0.25, -0.2) is 0 Å². The predicted molar refractivity (Wildman–Crippen MR) is 108 cm³/mol. The SMILES string of the molecule is Cn1ccc(C(=O)NCCCOc2ccccc2-c2ccccc2)c(O)c1=O. The lowest BCUT2D eigenvalue weighted by atomic mass is 10.1. The summed E-state index contributed by atoms with van der Waals surface area (Å²) in [6.45, 7) is 0.785. The van der Waals surface area contributed by atoms with Crippen LogP contribution in [0.5, 0.6) is 11.5 Å². The van der Waals surface area contributed by atoms with Gasteiger partial charge in [0, 0.05) is 25.4 Å². The average Bonchev–Trinajstić information content (AvgIpc) is 2.72. The fourth-order valence-corrected chi connectivity index (χ4v) is 2.80. The van der Waals surface area contributed by atoms with Gasteiger partial charge in [-0.15, -0.1) is 0 Å². The summed E-state index contributed by atoms with van der Waals surface area (Å²) in [6.07, 6.45) is 2.03. The van der Waals surface area contributed by atoms with Crippen molar-refractivity contribution in [1.82, 2.24) is 9.88 Å². The fourth-order valence-electron chi connectivity index (χ4n) is 2.80. The molecule has 0 fully saturated rings. The van der Waals surface area contributed by atoms with E-state index in [0.29, 0.717) is 19.6 Å². The molecule has 0 radical (unpaired) electrons. The summed E-state index contributed by atoms with van der Waals surface area (Å²) in [5.41, 5.74) is 1.46. The first-order valence-electron chi connectivity index (χ1n) is 9.02. The Morgan fingerprint density at radius 1 is 1.07 bits per heavy atom. The third-order valence-electron chi connectivity index (χ3n) is 4.32. The minimum absolute atomic E-state index is 0.0292. The van der Waals surface area contributed by atoms with Gasteiger partial charge in [0.25, 0.3) is 11.5 Å². The Morgan fingerprint density at radius 3 is 2.57 bits per heavy atom. The summed E-state index contributed by atoms with van der Waals surface area (Å²) >= 11 is 0. The number of hydrogen-bond acceptors (Lipinski definition) is 4. The molecule has 3 rings (SSSR count). The number of carbonyl (C=O) groups is 1. The summed E-state index contributed by atoms with van der Waals surface area (Å²) in [4.78, 5) is 23.8. The number of nitrogens with one attached hydrogen (secondary N) is 1. The molecule has 0 aliphatic heterocycles. The normalized spacial score (nSPS) is 10.5. The van der Waals surface area contributed by atoms with Crippen molar-refractivity contribution in [2.24, 2.45) is 7.05 Å². The molecule has 2 N–H and O–H groups in total. The van der Waals surface area contributed by atoms with Crippen molar-refractivity contribution in [2.75, 3.05) is 13.2 Å². The minimum Gasteiger partial charge on any atom is -0.502 e. The number of benzene rings is 2. The Kier molecular flexibility index (Phi) is 6.11. The zero-order valence-electron chi connectivity index (χ0n) is 15.6. The number of aromatic hydroxyl groups is 1. The topological polar surface area (TPSA) is 80.6 Å². The maximum absolute atomic E-state index is 12.1. The molecule has 0 spiro atoms. The second-order valence-electron chi connectivity index (χ2n) is 6.31. The van der Waals surface area contributed by atoms with Crippen LogP contribution in [0.2, 0.25) is 0 Å². The standard InChI is InChI=1S/C22H22N2O4/c1-24-14-12-18(20(25)22(24)27)21(26)23-13-7-15-28-19-11-6-5-10-17(19)16-8-3-2-4-9-16/h2-6,8-12,14,25H,7,13,15H2,1H3,(H,23,26). The monoisotopic (exact) mass is 378 g/mol. The quantitative estimate of drug-likeness (QED) is 0.620. The van der Waals surface area contributed by atoms with Gasteiger partial charge in [0.05, 0.1) is 12.2 Å². The van der Waals surface area contributed by atoms with Gasteiger partial charge in [0.1, 0.15) is 5.75 Å². The number of rotatable bonds is 7. The van der Waals surface area contributed by atoms with Gasteiger partial charge < -0.3 is 19.7 Å². The number of aryl methyl sites for hydroxylation is 1. The molecule has 144 valence electrons. The van der Waals surface area contributed by atoms with Crippen LogP contribution in [0.15, 0.2) is 71.7 Å². The number of ether oxygens (including phenoxy) is 1. The summed E-state index contributed by atoms with van der Waals surface area (Å²) in [5, 5.41) is 12.5. The summed E-state index contributed by atoms with van der Waals surface area (Å²) in [6, 6.07) is 19.2. The molecule has 1 heterocycles. The maximum Gasteiger partial charge on any atom is 0.293 e. The molecule has 0 bridgehead atoms. The van der Waals surface area contributed by atoms with Crippen LogP contribution in [0.3, 0.4) is 0 Å². The molecule has 3 aromatic rings. The Labute approximate surface area is 163 Å². The lowest BCUT2D eigenvalue weighted by molar-refractivity contribution is 0.0948. The second-order valence-corrected chi connectivity index (χ2v) is 6.31. The van der Waals surface area contributed by atoms with Crippen LogP contribution in [-0.2, 0) is 7.05 Å². The number of amides is 1. The van der Waals surface area contributed by atoms with E-state index in [-0.39, 0.29) is 5.56 Å².